The summed E-state index contributed by atoms with van der Waals surface area (Å²) < 4.78 is 5.39. The second-order valence-electron chi connectivity index (χ2n) is 6.85. The monoisotopic (exact) mass is 349 g/mol. The van der Waals surface area contributed by atoms with Crippen LogP contribution in [0.1, 0.15) is 35.5 Å². The van der Waals surface area contributed by atoms with E-state index < -0.39 is 5.97 Å². The van der Waals surface area contributed by atoms with E-state index in [1.54, 1.807) is 0 Å². The second-order valence-corrected chi connectivity index (χ2v) is 6.85. The van der Waals surface area contributed by atoms with Gasteiger partial charge in [-0.05, 0) is 49.1 Å². The Hall–Kier alpha value is -2.95. The van der Waals surface area contributed by atoms with E-state index in [0.717, 1.165) is 22.3 Å². The highest BCUT2D eigenvalue weighted by Crippen LogP contribution is 2.25. The van der Waals surface area contributed by atoms with E-state index in [4.69, 9.17) is 4.74 Å². The first-order chi connectivity index (χ1) is 12.4. The molecule has 1 heterocycles. The number of fused-ring (bicyclic) bond motifs is 1. The minimum absolute atomic E-state index is 0.199. The molecule has 1 N–H and O–H groups in total. The molecule has 5 heteroatoms. The highest BCUT2D eigenvalue weighted by Gasteiger charge is 2.19. The van der Waals surface area contributed by atoms with Gasteiger partial charge in [0.15, 0.2) is 11.5 Å². The molecule has 26 heavy (non-hydrogen) atoms. The third-order valence-corrected chi connectivity index (χ3v) is 3.96. The Morgan fingerprint density at radius 1 is 1.08 bits per heavy atom. The van der Waals surface area contributed by atoms with Crippen molar-refractivity contribution >= 4 is 28.5 Å². The maximum absolute atomic E-state index is 12.6. The maximum Gasteiger partial charge on any atom is 0.360 e. The van der Waals surface area contributed by atoms with Crippen molar-refractivity contribution in [3.8, 4) is 0 Å². The molecule has 3 aromatic rings. The fourth-order valence-corrected chi connectivity index (χ4v) is 2.54. The van der Waals surface area contributed by atoms with Crippen LogP contribution in [-0.2, 0) is 4.74 Å². The van der Waals surface area contributed by atoms with E-state index in [2.05, 4.69) is 15.3 Å². The fraction of sp³-hybridized carbons (Fsp3) is 0.286. The minimum Gasteiger partial charge on any atom is -0.461 e. The first-order valence-electron chi connectivity index (χ1n) is 8.72. The molecule has 134 valence electrons. The van der Waals surface area contributed by atoms with Crippen LogP contribution in [0.15, 0.2) is 42.5 Å². The van der Waals surface area contributed by atoms with Crippen molar-refractivity contribution in [2.75, 3.05) is 11.9 Å². The van der Waals surface area contributed by atoms with Gasteiger partial charge in [-0.1, -0.05) is 38.1 Å². The van der Waals surface area contributed by atoms with Gasteiger partial charge in [-0.15, -0.1) is 0 Å². The Kier molecular flexibility index (Phi) is 5.16. The zero-order valence-corrected chi connectivity index (χ0v) is 15.5. The summed E-state index contributed by atoms with van der Waals surface area (Å²) in [6, 6.07) is 13.6. The van der Waals surface area contributed by atoms with Crippen molar-refractivity contribution in [3.63, 3.8) is 0 Å². The van der Waals surface area contributed by atoms with Gasteiger partial charge in [0.05, 0.1) is 17.6 Å². The number of benzene rings is 2. The van der Waals surface area contributed by atoms with Crippen LogP contribution in [0.3, 0.4) is 0 Å². The summed E-state index contributed by atoms with van der Waals surface area (Å²) in [5.41, 5.74) is 4.66. The molecule has 0 saturated carbocycles. The number of carbonyl (C=O) groups is 1. The summed E-state index contributed by atoms with van der Waals surface area (Å²) in [4.78, 5) is 21.7. The molecule has 0 atom stereocenters. The van der Waals surface area contributed by atoms with Crippen molar-refractivity contribution in [1.82, 2.24) is 9.97 Å². The summed E-state index contributed by atoms with van der Waals surface area (Å²) in [6.45, 7) is 8.36. The van der Waals surface area contributed by atoms with Crippen LogP contribution in [0.25, 0.3) is 11.0 Å². The number of ether oxygens (including phenoxy) is 1. The van der Waals surface area contributed by atoms with Crippen LogP contribution in [0, 0.1) is 19.8 Å². The number of aryl methyl sites for hydroxylation is 2. The zero-order chi connectivity index (χ0) is 18.7. The van der Waals surface area contributed by atoms with Gasteiger partial charge in [0.2, 0.25) is 0 Å². The lowest BCUT2D eigenvalue weighted by atomic mass is 10.1. The molecule has 0 fully saturated rings. The van der Waals surface area contributed by atoms with Crippen LogP contribution >= 0.6 is 0 Å². The van der Waals surface area contributed by atoms with Gasteiger partial charge in [0.1, 0.15) is 0 Å². The van der Waals surface area contributed by atoms with Gasteiger partial charge in [-0.25, -0.2) is 14.8 Å². The summed E-state index contributed by atoms with van der Waals surface area (Å²) in [5.74, 6) is 0.193. The smallest absolute Gasteiger partial charge is 0.360 e. The fourth-order valence-electron chi connectivity index (χ4n) is 2.54. The standard InChI is InChI=1S/C21H23N3O2/c1-13(2)12-26-21(25)19-20(23-17-8-6-5-7-16(17)22-19)24-18-11-14(3)9-10-15(18)4/h5-11,13H,12H2,1-4H3,(H,23,24). The third-order valence-electron chi connectivity index (χ3n) is 3.96. The maximum atomic E-state index is 12.6. The van der Waals surface area contributed by atoms with Gasteiger partial charge in [0.25, 0.3) is 0 Å². The number of nitrogens with one attached hydrogen (secondary N) is 1. The van der Waals surface area contributed by atoms with Crippen molar-refractivity contribution in [2.45, 2.75) is 27.7 Å². The Bertz CT molecular complexity index is 951. The average molecular weight is 349 g/mol. The molecular weight excluding hydrogens is 326 g/mol. The lowest BCUT2D eigenvalue weighted by Gasteiger charge is -2.14. The molecule has 0 saturated heterocycles. The van der Waals surface area contributed by atoms with E-state index >= 15 is 0 Å². The molecule has 0 aliphatic heterocycles. The highest BCUT2D eigenvalue weighted by molar-refractivity contribution is 5.96. The quantitative estimate of drug-likeness (QED) is 0.670. The molecule has 1 aromatic heterocycles. The van der Waals surface area contributed by atoms with Crippen LogP contribution in [0.4, 0.5) is 11.5 Å². The minimum atomic E-state index is -0.468. The van der Waals surface area contributed by atoms with Crippen molar-refractivity contribution < 1.29 is 9.53 Å². The lowest BCUT2D eigenvalue weighted by Crippen LogP contribution is -2.15. The number of carbonyl (C=O) groups excluding carboxylic acids is 1. The van der Waals surface area contributed by atoms with E-state index in [0.29, 0.717) is 17.9 Å². The number of rotatable bonds is 5. The van der Waals surface area contributed by atoms with Crippen molar-refractivity contribution in [2.24, 2.45) is 5.92 Å². The first kappa shape index (κ1) is 17.9. The summed E-state index contributed by atoms with van der Waals surface area (Å²) in [5, 5.41) is 3.27. The molecule has 0 amide bonds. The van der Waals surface area contributed by atoms with Crippen molar-refractivity contribution in [3.05, 3.63) is 59.3 Å². The number of anilines is 2. The van der Waals surface area contributed by atoms with Gasteiger partial charge >= 0.3 is 5.97 Å². The van der Waals surface area contributed by atoms with Crippen LogP contribution in [0.2, 0.25) is 0 Å². The SMILES string of the molecule is Cc1ccc(C)c(Nc2nc3ccccc3nc2C(=O)OCC(C)C)c1. The van der Waals surface area contributed by atoms with Crippen LogP contribution < -0.4 is 5.32 Å². The van der Waals surface area contributed by atoms with Crippen LogP contribution in [-0.4, -0.2) is 22.5 Å². The summed E-state index contributed by atoms with van der Waals surface area (Å²) >= 11 is 0. The van der Waals surface area contributed by atoms with Gasteiger partial charge in [-0.3, -0.25) is 0 Å². The van der Waals surface area contributed by atoms with E-state index in [9.17, 15) is 4.79 Å². The highest BCUT2D eigenvalue weighted by atomic mass is 16.5. The number of hydrogen-bond donors (Lipinski definition) is 1. The van der Waals surface area contributed by atoms with Gasteiger partial charge in [-0.2, -0.15) is 0 Å². The predicted molar refractivity (Wildman–Crippen MR) is 104 cm³/mol. The number of esters is 1. The molecule has 3 rings (SSSR count). The largest absolute Gasteiger partial charge is 0.461 e. The summed E-state index contributed by atoms with van der Waals surface area (Å²) in [6.07, 6.45) is 0. The molecule has 0 aliphatic rings. The van der Waals surface area contributed by atoms with Gasteiger partial charge < -0.3 is 10.1 Å². The molecule has 0 bridgehead atoms. The molecule has 0 aliphatic carbocycles. The Labute approximate surface area is 153 Å². The molecule has 0 unspecified atom stereocenters. The van der Waals surface area contributed by atoms with E-state index in [1.807, 2.05) is 70.2 Å². The molecule has 5 nitrogen and oxygen atoms in total. The zero-order valence-electron chi connectivity index (χ0n) is 15.5. The Morgan fingerprint density at radius 3 is 2.46 bits per heavy atom. The second kappa shape index (κ2) is 7.52. The molecule has 2 aromatic carbocycles. The van der Waals surface area contributed by atoms with Gasteiger partial charge in [0, 0.05) is 5.69 Å². The number of nitrogens with zero attached hydrogens (tertiary/aromatic N) is 2. The average Bonchev–Trinajstić information content (AvgIpc) is 2.62. The van der Waals surface area contributed by atoms with Crippen molar-refractivity contribution in [1.29, 1.82) is 0 Å². The van der Waals surface area contributed by atoms with E-state index in [-0.39, 0.29) is 11.6 Å². The van der Waals surface area contributed by atoms with Crippen LogP contribution in [0.5, 0.6) is 0 Å². The van der Waals surface area contributed by atoms with E-state index in [1.165, 1.54) is 0 Å². The summed E-state index contributed by atoms with van der Waals surface area (Å²) in [7, 11) is 0. The predicted octanol–water partition coefficient (Wildman–Crippen LogP) is 4.80. The third kappa shape index (κ3) is 3.99. The normalized spacial score (nSPS) is 11.0. The number of hydrogen-bond acceptors (Lipinski definition) is 5. The first-order valence-corrected chi connectivity index (χ1v) is 8.72. The Morgan fingerprint density at radius 2 is 1.77 bits per heavy atom. The molecule has 0 radical (unpaired) electrons. The molecule has 0 spiro atoms. The molecular formula is C21H23N3O2. The number of para-hydroxylation sites is 2. The topological polar surface area (TPSA) is 64.1 Å². The number of aromatic nitrogens is 2. The Balaban J connectivity index is 2.04. The lowest BCUT2D eigenvalue weighted by molar-refractivity contribution is 0.0453.